The maximum Gasteiger partial charge on any atom is 0.305 e. The number of carboxylic acids is 1. The summed E-state index contributed by atoms with van der Waals surface area (Å²) in [6.07, 6.45) is 1.95. The van der Waals surface area contributed by atoms with Crippen LogP contribution in [0.3, 0.4) is 0 Å². The number of carbonyl (C=O) groups excluding carboxylic acids is 1. The fraction of sp³-hybridized carbons (Fsp3) is 0.579. The highest BCUT2D eigenvalue weighted by atomic mass is 32.2. The molecule has 2 aliphatic carbocycles. The predicted molar refractivity (Wildman–Crippen MR) is 101 cm³/mol. The molecule has 2 bridgehead atoms. The first-order valence-corrected chi connectivity index (χ1v) is 10.5. The van der Waals surface area contributed by atoms with Crippen LogP contribution < -0.4 is 5.73 Å². The lowest BCUT2D eigenvalue weighted by molar-refractivity contribution is -0.137. The number of carboxylic acid groups (broad SMARTS) is 1. The van der Waals surface area contributed by atoms with E-state index in [-0.39, 0.29) is 23.5 Å². The minimum Gasteiger partial charge on any atom is -0.481 e. The van der Waals surface area contributed by atoms with E-state index in [2.05, 4.69) is 0 Å². The van der Waals surface area contributed by atoms with Crippen molar-refractivity contribution in [2.24, 2.45) is 22.5 Å². The van der Waals surface area contributed by atoms with E-state index >= 15 is 0 Å². The van der Waals surface area contributed by atoms with E-state index in [0.29, 0.717) is 12.8 Å². The van der Waals surface area contributed by atoms with Gasteiger partial charge in [-0.3, -0.25) is 14.1 Å². The van der Waals surface area contributed by atoms with Gasteiger partial charge in [-0.15, -0.1) is 0 Å². The van der Waals surface area contributed by atoms with Crippen molar-refractivity contribution in [2.75, 3.05) is 5.75 Å². The zero-order valence-corrected chi connectivity index (χ0v) is 16.4. The second-order valence-corrected chi connectivity index (χ2v) is 9.46. The van der Waals surface area contributed by atoms with E-state index in [1.165, 1.54) is 0 Å². The molecule has 1 aromatic carbocycles. The standard InChI is InChI=1S/C10H16O4S.C9H11NO2/c1-9(2)7-3-4-10(9,8(11)5-7)6-15(12,13)14;10-8(6-9(11)12)7-4-2-1-3-5-7/h7H,3-6H2,1-2H3,(H,12,13,14);1-5,8H,6,10H2,(H,11,12). The van der Waals surface area contributed by atoms with E-state index in [0.717, 1.165) is 12.0 Å². The predicted octanol–water partition coefficient (Wildman–Crippen LogP) is 2.43. The van der Waals surface area contributed by atoms with Gasteiger partial charge in [0.2, 0.25) is 0 Å². The number of hydrogen-bond donors (Lipinski definition) is 3. The Hall–Kier alpha value is -1.77. The summed E-state index contributed by atoms with van der Waals surface area (Å²) in [5.74, 6) is -0.970. The van der Waals surface area contributed by atoms with Crippen LogP contribution in [0, 0.1) is 16.7 Å². The lowest BCUT2D eigenvalue weighted by Crippen LogP contribution is -2.42. The van der Waals surface area contributed by atoms with E-state index < -0.39 is 33.3 Å². The third-order valence-corrected chi connectivity index (χ3v) is 7.05. The monoisotopic (exact) mass is 397 g/mol. The molecule has 27 heavy (non-hydrogen) atoms. The summed E-state index contributed by atoms with van der Waals surface area (Å²) in [6, 6.07) is 8.82. The Kier molecular flexibility index (Phi) is 6.13. The molecular weight excluding hydrogens is 370 g/mol. The number of aliphatic carboxylic acids is 1. The quantitative estimate of drug-likeness (QED) is 0.649. The first-order valence-electron chi connectivity index (χ1n) is 8.90. The second-order valence-electron chi connectivity index (χ2n) is 8.01. The summed E-state index contributed by atoms with van der Waals surface area (Å²) in [5, 5.41) is 8.47. The average Bonchev–Trinajstić information content (AvgIpc) is 2.88. The summed E-state index contributed by atoms with van der Waals surface area (Å²) >= 11 is 0. The third-order valence-electron chi connectivity index (χ3n) is 6.19. The highest BCUT2D eigenvalue weighted by Gasteiger charge is 2.65. The van der Waals surface area contributed by atoms with Crippen LogP contribution in [0.4, 0.5) is 0 Å². The molecule has 0 spiro atoms. The molecule has 3 atom stereocenters. The summed E-state index contributed by atoms with van der Waals surface area (Å²) in [5.41, 5.74) is 5.36. The van der Waals surface area contributed by atoms with Gasteiger partial charge in [-0.05, 0) is 29.7 Å². The van der Waals surface area contributed by atoms with Gasteiger partial charge in [-0.2, -0.15) is 8.42 Å². The van der Waals surface area contributed by atoms with Crippen LogP contribution in [0.5, 0.6) is 0 Å². The molecular formula is C19H27NO6S. The lowest BCUT2D eigenvalue weighted by Gasteiger charge is -2.35. The van der Waals surface area contributed by atoms with E-state index in [1.807, 2.05) is 44.2 Å². The maximum absolute atomic E-state index is 11.9. The Morgan fingerprint density at radius 1 is 1.30 bits per heavy atom. The molecule has 0 saturated heterocycles. The van der Waals surface area contributed by atoms with Gasteiger partial charge in [0.1, 0.15) is 5.78 Å². The number of carbonyl (C=O) groups is 2. The number of rotatable bonds is 5. The Morgan fingerprint density at radius 3 is 2.30 bits per heavy atom. The number of benzene rings is 1. The first kappa shape index (κ1) is 21.5. The Labute approximate surface area is 159 Å². The Balaban J connectivity index is 0.000000199. The minimum atomic E-state index is -4.08. The summed E-state index contributed by atoms with van der Waals surface area (Å²) < 4.78 is 31.0. The molecule has 0 aromatic heterocycles. The molecule has 2 fully saturated rings. The normalized spacial score (nSPS) is 27.0. The lowest BCUT2D eigenvalue weighted by atomic mass is 9.70. The van der Waals surface area contributed by atoms with Gasteiger partial charge in [0, 0.05) is 12.5 Å². The molecule has 8 heteroatoms. The molecule has 7 nitrogen and oxygen atoms in total. The summed E-state index contributed by atoms with van der Waals surface area (Å²) in [6.45, 7) is 3.89. The maximum atomic E-state index is 11.9. The van der Waals surface area contributed by atoms with Crippen molar-refractivity contribution in [1.29, 1.82) is 0 Å². The van der Waals surface area contributed by atoms with E-state index in [1.54, 1.807) is 0 Å². The number of ketones is 1. The van der Waals surface area contributed by atoms with Gasteiger partial charge in [0.15, 0.2) is 0 Å². The first-order chi connectivity index (χ1) is 12.4. The fourth-order valence-electron chi connectivity index (χ4n) is 4.43. The zero-order chi connectivity index (χ0) is 20.5. The number of hydrogen-bond acceptors (Lipinski definition) is 5. The molecule has 3 unspecified atom stereocenters. The van der Waals surface area contributed by atoms with Gasteiger partial charge >= 0.3 is 5.97 Å². The molecule has 0 heterocycles. The van der Waals surface area contributed by atoms with Crippen LogP contribution in [0.1, 0.15) is 51.1 Å². The van der Waals surface area contributed by atoms with Gasteiger partial charge in [0.05, 0.1) is 17.6 Å². The smallest absolute Gasteiger partial charge is 0.305 e. The van der Waals surface area contributed by atoms with Crippen molar-refractivity contribution in [3.8, 4) is 0 Å². The highest BCUT2D eigenvalue weighted by Crippen LogP contribution is 2.64. The third kappa shape index (κ3) is 4.56. The minimum absolute atomic E-state index is 0.0152. The van der Waals surface area contributed by atoms with Gasteiger partial charge < -0.3 is 10.8 Å². The van der Waals surface area contributed by atoms with Crippen LogP contribution >= 0.6 is 0 Å². The van der Waals surface area contributed by atoms with Crippen LogP contribution in [0.25, 0.3) is 0 Å². The van der Waals surface area contributed by atoms with Crippen LogP contribution in [0.2, 0.25) is 0 Å². The van der Waals surface area contributed by atoms with Gasteiger partial charge in [-0.1, -0.05) is 44.2 Å². The van der Waals surface area contributed by atoms with E-state index in [9.17, 15) is 18.0 Å². The second kappa shape index (κ2) is 7.69. The van der Waals surface area contributed by atoms with E-state index in [4.69, 9.17) is 15.4 Å². The fourth-order valence-corrected chi connectivity index (χ4v) is 5.73. The van der Waals surface area contributed by atoms with Crippen LogP contribution in [0.15, 0.2) is 30.3 Å². The zero-order valence-electron chi connectivity index (χ0n) is 15.6. The molecule has 0 aliphatic heterocycles. The molecule has 2 saturated carbocycles. The SMILES string of the molecule is CC1(C)C2CCC1(CS(=O)(=O)O)C(=O)C2.NC(CC(=O)O)c1ccccc1. The van der Waals surface area contributed by atoms with Crippen LogP contribution in [-0.2, 0) is 19.7 Å². The number of Topliss-reactive ketones (excluding diaryl/α,β-unsaturated/α-hetero) is 1. The van der Waals surface area contributed by atoms with Crippen molar-refractivity contribution >= 4 is 21.9 Å². The van der Waals surface area contributed by atoms with Crippen molar-refractivity contribution in [2.45, 2.75) is 45.6 Å². The van der Waals surface area contributed by atoms with Crippen molar-refractivity contribution in [1.82, 2.24) is 0 Å². The van der Waals surface area contributed by atoms with Crippen molar-refractivity contribution < 1.29 is 27.7 Å². The summed E-state index contributed by atoms with van der Waals surface area (Å²) in [7, 11) is -4.08. The van der Waals surface area contributed by atoms with Gasteiger partial charge in [-0.25, -0.2) is 0 Å². The Bertz CT molecular complexity index is 805. The van der Waals surface area contributed by atoms with Crippen LogP contribution in [-0.4, -0.2) is 35.6 Å². The van der Waals surface area contributed by atoms with Crippen molar-refractivity contribution in [3.63, 3.8) is 0 Å². The molecule has 4 N–H and O–H groups in total. The van der Waals surface area contributed by atoms with Crippen molar-refractivity contribution in [3.05, 3.63) is 35.9 Å². The molecule has 3 rings (SSSR count). The largest absolute Gasteiger partial charge is 0.481 e. The van der Waals surface area contributed by atoms with Gasteiger partial charge in [0.25, 0.3) is 10.1 Å². The molecule has 0 radical (unpaired) electrons. The summed E-state index contributed by atoms with van der Waals surface area (Å²) in [4.78, 5) is 22.2. The average molecular weight is 397 g/mol. The molecule has 0 amide bonds. The molecule has 150 valence electrons. The topological polar surface area (TPSA) is 135 Å². The molecule has 2 aliphatic rings. The number of nitrogens with two attached hydrogens (primary N) is 1. The highest BCUT2D eigenvalue weighted by molar-refractivity contribution is 7.85. The Morgan fingerprint density at radius 2 is 1.89 bits per heavy atom. The molecule has 1 aromatic rings. The number of fused-ring (bicyclic) bond motifs is 2.